The van der Waals surface area contributed by atoms with Gasteiger partial charge in [0.25, 0.3) is 0 Å². The molecule has 0 radical (unpaired) electrons. The molecule has 0 atom stereocenters. The summed E-state index contributed by atoms with van der Waals surface area (Å²) in [7, 11) is 0. The van der Waals surface area contributed by atoms with Crippen molar-refractivity contribution in [3.05, 3.63) is 99.9 Å². The number of nitrogen functional groups attached to an aromatic ring is 1. The van der Waals surface area contributed by atoms with E-state index in [-0.39, 0.29) is 18.0 Å². The van der Waals surface area contributed by atoms with E-state index in [9.17, 15) is 4.79 Å². The van der Waals surface area contributed by atoms with Gasteiger partial charge in [0.15, 0.2) is 0 Å². The Balaban J connectivity index is 1.61. The minimum atomic E-state index is -0.471. The number of benzene rings is 3. The third-order valence-electron chi connectivity index (χ3n) is 4.58. The molecule has 0 aliphatic carbocycles. The summed E-state index contributed by atoms with van der Waals surface area (Å²) in [5, 5.41) is 13.8. The molecule has 0 saturated carbocycles. The first kappa shape index (κ1) is 19.7. The number of ether oxygens (including phenoxy) is 1. The lowest BCUT2D eigenvalue weighted by Gasteiger charge is -2.11. The Kier molecular flexibility index (Phi) is 5.52. The maximum atomic E-state index is 12.9. The molecule has 0 aliphatic heterocycles. The zero-order chi connectivity index (χ0) is 21.1. The number of rotatable bonds is 5. The standard InChI is InChI=1S/C23H18ClN3O3/c24-18-7-9-19(10-8-18)27-23(29)22(21(25)13-26-27)30-20-11-5-17(6-12-20)16-3-1-15(14-28)2-4-16/h1-13,28H,14,25H2. The summed E-state index contributed by atoms with van der Waals surface area (Å²) >= 11 is 5.91. The van der Waals surface area contributed by atoms with Crippen LogP contribution < -0.4 is 16.0 Å². The van der Waals surface area contributed by atoms with Crippen molar-refractivity contribution < 1.29 is 9.84 Å². The Morgan fingerprint density at radius 1 is 0.933 bits per heavy atom. The molecule has 4 rings (SSSR count). The Morgan fingerprint density at radius 2 is 1.53 bits per heavy atom. The summed E-state index contributed by atoms with van der Waals surface area (Å²) in [5.41, 5.74) is 9.01. The van der Waals surface area contributed by atoms with Gasteiger partial charge in [-0.2, -0.15) is 9.78 Å². The average molecular weight is 420 g/mol. The van der Waals surface area contributed by atoms with Gasteiger partial charge in [-0.1, -0.05) is 48.0 Å². The minimum absolute atomic E-state index is 0.00000119. The predicted octanol–water partition coefficient (Wildman–Crippen LogP) is 4.42. The number of halogens is 1. The maximum absolute atomic E-state index is 12.9. The predicted molar refractivity (Wildman–Crippen MR) is 117 cm³/mol. The van der Waals surface area contributed by atoms with Crippen molar-refractivity contribution in [2.75, 3.05) is 5.73 Å². The molecule has 3 N–H and O–H groups in total. The van der Waals surface area contributed by atoms with Gasteiger partial charge >= 0.3 is 5.56 Å². The highest BCUT2D eigenvalue weighted by molar-refractivity contribution is 6.30. The van der Waals surface area contributed by atoms with Crippen LogP contribution in [0.2, 0.25) is 5.02 Å². The molecule has 1 heterocycles. The lowest BCUT2D eigenvalue weighted by molar-refractivity contribution is 0.282. The highest BCUT2D eigenvalue weighted by Crippen LogP contribution is 2.27. The molecule has 0 unspecified atom stereocenters. The molecule has 3 aromatic carbocycles. The number of aromatic nitrogens is 2. The molecule has 0 bridgehead atoms. The Bertz CT molecular complexity index is 1220. The third kappa shape index (κ3) is 4.05. The average Bonchev–Trinajstić information content (AvgIpc) is 2.78. The second kappa shape index (κ2) is 8.41. The van der Waals surface area contributed by atoms with Crippen LogP contribution in [0.3, 0.4) is 0 Å². The molecule has 150 valence electrons. The van der Waals surface area contributed by atoms with E-state index < -0.39 is 5.56 Å². The summed E-state index contributed by atoms with van der Waals surface area (Å²) in [6.07, 6.45) is 1.38. The van der Waals surface area contributed by atoms with Gasteiger partial charge in [-0.25, -0.2) is 0 Å². The highest BCUT2D eigenvalue weighted by atomic mass is 35.5. The van der Waals surface area contributed by atoms with Crippen LogP contribution in [0.4, 0.5) is 5.69 Å². The third-order valence-corrected chi connectivity index (χ3v) is 4.83. The van der Waals surface area contributed by atoms with Gasteiger partial charge in [0, 0.05) is 5.02 Å². The molecule has 0 amide bonds. The minimum Gasteiger partial charge on any atom is -0.449 e. The molecule has 6 nitrogen and oxygen atoms in total. The van der Waals surface area contributed by atoms with E-state index in [0.29, 0.717) is 16.5 Å². The second-order valence-corrected chi connectivity index (χ2v) is 7.04. The molecule has 0 spiro atoms. The lowest BCUT2D eigenvalue weighted by Crippen LogP contribution is -2.23. The van der Waals surface area contributed by atoms with Crippen molar-refractivity contribution in [1.29, 1.82) is 0 Å². The second-order valence-electron chi connectivity index (χ2n) is 6.60. The summed E-state index contributed by atoms with van der Waals surface area (Å²) in [6.45, 7) is 0.00790. The zero-order valence-corrected chi connectivity index (χ0v) is 16.6. The van der Waals surface area contributed by atoms with Crippen LogP contribution in [0.1, 0.15) is 5.56 Å². The van der Waals surface area contributed by atoms with Crippen molar-refractivity contribution in [3.8, 4) is 28.3 Å². The van der Waals surface area contributed by atoms with Gasteiger partial charge in [0.05, 0.1) is 18.5 Å². The van der Waals surface area contributed by atoms with Crippen LogP contribution in [0.15, 0.2) is 83.8 Å². The first-order valence-electron chi connectivity index (χ1n) is 9.17. The summed E-state index contributed by atoms with van der Waals surface area (Å²) in [6, 6.07) is 21.6. The van der Waals surface area contributed by atoms with Gasteiger partial charge in [-0.3, -0.25) is 4.79 Å². The van der Waals surface area contributed by atoms with Gasteiger partial charge in [0.1, 0.15) is 11.4 Å². The van der Waals surface area contributed by atoms with E-state index in [1.165, 1.54) is 10.9 Å². The topological polar surface area (TPSA) is 90.4 Å². The number of anilines is 1. The molecule has 0 fully saturated rings. The summed E-state index contributed by atoms with van der Waals surface area (Å²) in [5.74, 6) is 0.475. The van der Waals surface area contributed by atoms with Crippen molar-refractivity contribution in [1.82, 2.24) is 9.78 Å². The Labute approximate surface area is 177 Å². The number of aliphatic hydroxyl groups is 1. The van der Waals surface area contributed by atoms with Crippen LogP contribution in [-0.4, -0.2) is 14.9 Å². The number of hydrogen-bond donors (Lipinski definition) is 2. The largest absolute Gasteiger partial charge is 0.449 e. The van der Waals surface area contributed by atoms with Gasteiger partial charge < -0.3 is 15.6 Å². The zero-order valence-electron chi connectivity index (χ0n) is 15.8. The monoisotopic (exact) mass is 419 g/mol. The van der Waals surface area contributed by atoms with Gasteiger partial charge in [-0.05, 0) is 53.1 Å². The normalized spacial score (nSPS) is 10.7. The number of hydrogen-bond acceptors (Lipinski definition) is 5. The summed E-state index contributed by atoms with van der Waals surface area (Å²) in [4.78, 5) is 12.9. The Morgan fingerprint density at radius 3 is 2.13 bits per heavy atom. The quantitative estimate of drug-likeness (QED) is 0.499. The SMILES string of the molecule is Nc1cnn(-c2ccc(Cl)cc2)c(=O)c1Oc1ccc(-c2ccc(CO)cc2)cc1. The first-order chi connectivity index (χ1) is 14.5. The van der Waals surface area contributed by atoms with E-state index in [1.807, 2.05) is 36.4 Å². The van der Waals surface area contributed by atoms with Crippen LogP contribution in [0, 0.1) is 0 Å². The van der Waals surface area contributed by atoms with E-state index in [1.54, 1.807) is 36.4 Å². The fraction of sp³-hybridized carbons (Fsp3) is 0.0435. The molecule has 1 aromatic heterocycles. The van der Waals surface area contributed by atoms with Crippen LogP contribution >= 0.6 is 11.6 Å². The fourth-order valence-corrected chi connectivity index (χ4v) is 3.08. The van der Waals surface area contributed by atoms with Crippen molar-refractivity contribution in [2.24, 2.45) is 0 Å². The molecule has 30 heavy (non-hydrogen) atoms. The molecule has 0 aliphatic rings. The van der Waals surface area contributed by atoms with Crippen molar-refractivity contribution in [2.45, 2.75) is 6.61 Å². The van der Waals surface area contributed by atoms with Crippen LogP contribution in [-0.2, 0) is 6.61 Å². The van der Waals surface area contributed by atoms with Crippen LogP contribution in [0.5, 0.6) is 11.5 Å². The van der Waals surface area contributed by atoms with E-state index in [2.05, 4.69) is 5.10 Å². The van der Waals surface area contributed by atoms with E-state index in [0.717, 1.165) is 16.7 Å². The van der Waals surface area contributed by atoms with Crippen molar-refractivity contribution >= 4 is 17.3 Å². The van der Waals surface area contributed by atoms with Crippen molar-refractivity contribution in [3.63, 3.8) is 0 Å². The van der Waals surface area contributed by atoms with Crippen LogP contribution in [0.25, 0.3) is 16.8 Å². The van der Waals surface area contributed by atoms with Gasteiger partial charge in [-0.15, -0.1) is 0 Å². The number of aliphatic hydroxyl groups excluding tert-OH is 1. The maximum Gasteiger partial charge on any atom is 0.316 e. The molecular weight excluding hydrogens is 402 g/mol. The molecule has 0 saturated heterocycles. The van der Waals surface area contributed by atoms with Gasteiger partial charge in [0.2, 0.25) is 5.75 Å². The fourth-order valence-electron chi connectivity index (χ4n) is 2.96. The molecular formula is C23H18ClN3O3. The Hall–Kier alpha value is -3.61. The molecule has 7 heteroatoms. The lowest BCUT2D eigenvalue weighted by atomic mass is 10.0. The molecule has 4 aromatic rings. The first-order valence-corrected chi connectivity index (χ1v) is 9.55. The van der Waals surface area contributed by atoms with E-state index in [4.69, 9.17) is 27.2 Å². The number of nitrogens with zero attached hydrogens (tertiary/aromatic N) is 2. The smallest absolute Gasteiger partial charge is 0.316 e. The summed E-state index contributed by atoms with van der Waals surface area (Å²) < 4.78 is 7.00. The number of nitrogens with two attached hydrogens (primary N) is 1. The highest BCUT2D eigenvalue weighted by Gasteiger charge is 2.13. The van der Waals surface area contributed by atoms with E-state index >= 15 is 0 Å².